The largest absolute Gasteiger partial charge is 0.298 e. The van der Waals surface area contributed by atoms with Crippen LogP contribution in [0.25, 0.3) is 6.08 Å². The fourth-order valence-corrected chi connectivity index (χ4v) is 3.14. The number of benzene rings is 2. The Morgan fingerprint density at radius 2 is 1.72 bits per heavy atom. The Morgan fingerprint density at radius 1 is 1.08 bits per heavy atom. The van der Waals surface area contributed by atoms with Gasteiger partial charge in [-0.3, -0.25) is 19.8 Å². The first kappa shape index (κ1) is 17.8. The third kappa shape index (κ3) is 3.80. The molecule has 0 aliphatic carbocycles. The van der Waals surface area contributed by atoms with Gasteiger partial charge in [0.1, 0.15) is 5.57 Å². The highest BCUT2D eigenvalue weighted by atomic mass is 127. The molecule has 1 aliphatic rings. The lowest BCUT2D eigenvalue weighted by molar-refractivity contribution is -0.122. The normalized spacial score (nSPS) is 16.3. The van der Waals surface area contributed by atoms with Gasteiger partial charge in [0.05, 0.1) is 5.69 Å². The monoisotopic (exact) mass is 462 g/mol. The summed E-state index contributed by atoms with van der Waals surface area (Å²) < 4.78 is 1.08. The number of anilines is 1. The first-order chi connectivity index (χ1) is 12.0. The molecule has 0 unspecified atom stereocenters. The van der Waals surface area contributed by atoms with Crippen molar-refractivity contribution in [2.75, 3.05) is 4.90 Å². The van der Waals surface area contributed by atoms with E-state index in [2.05, 4.69) is 34.8 Å². The van der Waals surface area contributed by atoms with Gasteiger partial charge in [-0.05, 0) is 82.7 Å². The molecule has 0 radical (unpaired) electrons. The van der Waals surface area contributed by atoms with Crippen molar-refractivity contribution in [1.29, 1.82) is 0 Å². The van der Waals surface area contributed by atoms with Crippen molar-refractivity contribution in [3.8, 4) is 0 Å². The van der Waals surface area contributed by atoms with Gasteiger partial charge in [0.15, 0.2) is 5.11 Å². The maximum Gasteiger partial charge on any atom is 0.270 e. The minimum Gasteiger partial charge on any atom is -0.298 e. The average molecular weight is 462 g/mol. The first-order valence-corrected chi connectivity index (χ1v) is 9.24. The van der Waals surface area contributed by atoms with Crippen LogP contribution in [0.5, 0.6) is 0 Å². The van der Waals surface area contributed by atoms with E-state index in [1.807, 2.05) is 48.5 Å². The van der Waals surface area contributed by atoms with Crippen LogP contribution in [0, 0.1) is 3.57 Å². The molecule has 0 atom stereocenters. The fraction of sp³-hybridized carbons (Fsp3) is 0.105. The van der Waals surface area contributed by atoms with E-state index < -0.39 is 11.8 Å². The second-order valence-electron chi connectivity index (χ2n) is 5.53. The quantitative estimate of drug-likeness (QED) is 0.328. The Morgan fingerprint density at radius 3 is 2.32 bits per heavy atom. The maximum absolute atomic E-state index is 12.9. The number of carbonyl (C=O) groups is 2. The summed E-state index contributed by atoms with van der Waals surface area (Å²) in [5.41, 5.74) is 2.65. The molecular formula is C19H15IN2O2S. The predicted octanol–water partition coefficient (Wildman–Crippen LogP) is 3.68. The molecule has 0 spiro atoms. The lowest BCUT2D eigenvalue weighted by Gasteiger charge is -2.29. The van der Waals surface area contributed by atoms with E-state index in [1.165, 1.54) is 4.90 Å². The minimum absolute atomic E-state index is 0.0642. The van der Waals surface area contributed by atoms with Crippen LogP contribution in [0.4, 0.5) is 5.69 Å². The SMILES string of the molecule is CCc1ccc(N2C(=O)/C(=C/c3ccc(I)cc3)C(=O)NC2=S)cc1. The third-order valence-corrected chi connectivity index (χ3v) is 4.89. The molecule has 25 heavy (non-hydrogen) atoms. The summed E-state index contributed by atoms with van der Waals surface area (Å²) in [4.78, 5) is 26.5. The number of halogens is 1. The van der Waals surface area contributed by atoms with Gasteiger partial charge in [0.25, 0.3) is 11.8 Å². The Balaban J connectivity index is 1.97. The van der Waals surface area contributed by atoms with Crippen molar-refractivity contribution in [2.24, 2.45) is 0 Å². The van der Waals surface area contributed by atoms with Crippen LogP contribution in [-0.4, -0.2) is 16.9 Å². The van der Waals surface area contributed by atoms with Crippen LogP contribution in [0.2, 0.25) is 0 Å². The summed E-state index contributed by atoms with van der Waals surface area (Å²) in [6.45, 7) is 2.06. The lowest BCUT2D eigenvalue weighted by atomic mass is 10.1. The molecule has 126 valence electrons. The Bertz CT molecular complexity index is 873. The van der Waals surface area contributed by atoms with Crippen molar-refractivity contribution in [3.63, 3.8) is 0 Å². The lowest BCUT2D eigenvalue weighted by Crippen LogP contribution is -2.54. The summed E-state index contributed by atoms with van der Waals surface area (Å²) in [5, 5.41) is 2.69. The van der Waals surface area contributed by atoms with Gasteiger partial charge in [-0.15, -0.1) is 0 Å². The van der Waals surface area contributed by atoms with E-state index in [-0.39, 0.29) is 10.7 Å². The molecule has 1 N–H and O–H groups in total. The smallest absolute Gasteiger partial charge is 0.270 e. The number of aryl methyl sites for hydroxylation is 1. The second-order valence-corrected chi connectivity index (χ2v) is 7.16. The molecule has 1 heterocycles. The zero-order chi connectivity index (χ0) is 18.0. The van der Waals surface area contributed by atoms with Gasteiger partial charge in [0.2, 0.25) is 0 Å². The molecule has 1 aliphatic heterocycles. The molecule has 2 aromatic rings. The fourth-order valence-electron chi connectivity index (χ4n) is 2.50. The number of hydrogen-bond acceptors (Lipinski definition) is 3. The van der Waals surface area contributed by atoms with E-state index in [4.69, 9.17) is 12.2 Å². The molecule has 0 bridgehead atoms. The van der Waals surface area contributed by atoms with E-state index in [9.17, 15) is 9.59 Å². The number of nitrogens with one attached hydrogen (secondary N) is 1. The number of rotatable bonds is 3. The van der Waals surface area contributed by atoms with E-state index in [1.54, 1.807) is 6.08 Å². The van der Waals surface area contributed by atoms with Crippen LogP contribution in [0.1, 0.15) is 18.1 Å². The number of thiocarbonyl (C=S) groups is 1. The van der Waals surface area contributed by atoms with Crippen molar-refractivity contribution in [1.82, 2.24) is 5.32 Å². The molecule has 2 amide bonds. The van der Waals surface area contributed by atoms with Gasteiger partial charge < -0.3 is 0 Å². The molecule has 0 saturated carbocycles. The predicted molar refractivity (Wildman–Crippen MR) is 111 cm³/mol. The van der Waals surface area contributed by atoms with Crippen molar-refractivity contribution >= 4 is 63.5 Å². The summed E-state index contributed by atoms with van der Waals surface area (Å²) in [6, 6.07) is 15.1. The van der Waals surface area contributed by atoms with Gasteiger partial charge in [-0.25, -0.2) is 0 Å². The van der Waals surface area contributed by atoms with Crippen LogP contribution >= 0.6 is 34.8 Å². The van der Waals surface area contributed by atoms with Crippen molar-refractivity contribution < 1.29 is 9.59 Å². The van der Waals surface area contributed by atoms with Gasteiger partial charge in [-0.2, -0.15) is 0 Å². The zero-order valence-corrected chi connectivity index (χ0v) is 16.4. The van der Waals surface area contributed by atoms with Crippen LogP contribution in [0.15, 0.2) is 54.1 Å². The van der Waals surface area contributed by atoms with E-state index in [0.717, 1.165) is 21.1 Å². The average Bonchev–Trinajstić information content (AvgIpc) is 2.60. The standard InChI is InChI=1S/C19H15IN2O2S/c1-2-12-5-9-15(10-6-12)22-18(24)16(17(23)21-19(22)25)11-13-3-7-14(20)8-4-13/h3-11H,2H2,1H3,(H,21,23,25)/b16-11+. The molecule has 6 heteroatoms. The van der Waals surface area contributed by atoms with Gasteiger partial charge >= 0.3 is 0 Å². The topological polar surface area (TPSA) is 49.4 Å². The van der Waals surface area contributed by atoms with Crippen molar-refractivity contribution in [2.45, 2.75) is 13.3 Å². The van der Waals surface area contributed by atoms with Crippen LogP contribution in [-0.2, 0) is 16.0 Å². The molecule has 4 nitrogen and oxygen atoms in total. The molecule has 1 saturated heterocycles. The number of hydrogen-bond donors (Lipinski definition) is 1. The molecule has 1 fully saturated rings. The zero-order valence-electron chi connectivity index (χ0n) is 13.5. The van der Waals surface area contributed by atoms with Gasteiger partial charge in [0, 0.05) is 3.57 Å². The molecule has 3 rings (SSSR count). The summed E-state index contributed by atoms with van der Waals surface area (Å²) >= 11 is 7.41. The van der Waals surface area contributed by atoms with Crippen LogP contribution < -0.4 is 10.2 Å². The van der Waals surface area contributed by atoms with Crippen LogP contribution in [0.3, 0.4) is 0 Å². The van der Waals surface area contributed by atoms with Crippen molar-refractivity contribution in [3.05, 3.63) is 68.8 Å². The van der Waals surface area contributed by atoms with E-state index in [0.29, 0.717) is 5.69 Å². The highest BCUT2D eigenvalue weighted by molar-refractivity contribution is 14.1. The Hall–Kier alpha value is -2.06. The molecule has 0 aromatic heterocycles. The number of nitrogens with zero attached hydrogens (tertiary/aromatic N) is 1. The maximum atomic E-state index is 12.9. The molecule has 2 aromatic carbocycles. The van der Waals surface area contributed by atoms with Gasteiger partial charge in [-0.1, -0.05) is 31.2 Å². The summed E-state index contributed by atoms with van der Waals surface area (Å²) in [5.74, 6) is -0.897. The number of amides is 2. The minimum atomic E-state index is -0.477. The highest BCUT2D eigenvalue weighted by Crippen LogP contribution is 2.23. The Labute approximate surface area is 165 Å². The summed E-state index contributed by atoms with van der Waals surface area (Å²) in [7, 11) is 0. The molecular weight excluding hydrogens is 447 g/mol. The first-order valence-electron chi connectivity index (χ1n) is 7.75. The van der Waals surface area contributed by atoms with E-state index >= 15 is 0 Å². The second kappa shape index (κ2) is 7.45. The Kier molecular flexibility index (Phi) is 5.29. The third-order valence-electron chi connectivity index (χ3n) is 3.89. The number of carbonyl (C=O) groups excluding carboxylic acids is 2. The summed E-state index contributed by atoms with van der Waals surface area (Å²) in [6.07, 6.45) is 2.50. The highest BCUT2D eigenvalue weighted by Gasteiger charge is 2.34.